The summed E-state index contributed by atoms with van der Waals surface area (Å²) in [6.07, 6.45) is 6.92. The number of nitrogens with one attached hydrogen (secondary N) is 4. The molecular weight excluding hydrogens is 787 g/mol. The van der Waals surface area contributed by atoms with Crippen LogP contribution in [0.2, 0.25) is 0 Å². The molecule has 3 aromatic carbocycles. The molecule has 7 rings (SSSR count). The van der Waals surface area contributed by atoms with Gasteiger partial charge >= 0.3 is 12.2 Å². The van der Waals surface area contributed by atoms with Crippen LogP contribution < -0.4 is 16.0 Å². The van der Waals surface area contributed by atoms with Crippen molar-refractivity contribution in [3.63, 3.8) is 0 Å². The van der Waals surface area contributed by atoms with E-state index in [1.807, 2.05) is 37.1 Å². The minimum absolute atomic E-state index is 0.130. The number of ether oxygens (including phenoxy) is 2. The number of hydrogen-bond acceptors (Lipinski definition) is 8. The third-order valence-corrected chi connectivity index (χ3v) is 12.8. The van der Waals surface area contributed by atoms with Crippen LogP contribution in [0.4, 0.5) is 15.3 Å². The first-order valence-corrected chi connectivity index (χ1v) is 21.9. The van der Waals surface area contributed by atoms with Crippen molar-refractivity contribution in [2.24, 2.45) is 5.92 Å². The molecule has 0 saturated carbocycles. The Morgan fingerprint density at radius 2 is 1.45 bits per heavy atom. The monoisotopic (exact) mass is 845 g/mol. The van der Waals surface area contributed by atoms with Gasteiger partial charge in [0.1, 0.15) is 23.9 Å². The minimum atomic E-state index is -1.00. The molecule has 3 aliphatic rings. The molecule has 4 atom stereocenters. The molecule has 0 unspecified atom stereocenters. The summed E-state index contributed by atoms with van der Waals surface area (Å²) in [6, 6.07) is 19.0. The topological polar surface area (TPSA) is 175 Å². The van der Waals surface area contributed by atoms with Gasteiger partial charge in [-0.3, -0.25) is 14.4 Å². The van der Waals surface area contributed by atoms with Crippen molar-refractivity contribution in [2.45, 2.75) is 109 Å². The number of rotatable bonds is 14. The van der Waals surface area contributed by atoms with E-state index in [-0.39, 0.29) is 35.1 Å². The number of amides is 5. The first-order valence-electron chi connectivity index (χ1n) is 21.9. The fourth-order valence-corrected chi connectivity index (χ4v) is 9.91. The number of nitrogens with zero attached hydrogens (tertiary/aromatic N) is 3. The van der Waals surface area contributed by atoms with Gasteiger partial charge in [0.25, 0.3) is 5.91 Å². The maximum atomic E-state index is 14.1. The number of methoxy groups -OCH3 is 2. The van der Waals surface area contributed by atoms with E-state index in [4.69, 9.17) is 14.5 Å². The van der Waals surface area contributed by atoms with Gasteiger partial charge in [-0.05, 0) is 96.0 Å². The van der Waals surface area contributed by atoms with E-state index in [0.717, 1.165) is 60.9 Å². The smallest absolute Gasteiger partial charge is 0.407 e. The number of benzene rings is 3. The number of hydrogen-bond donors (Lipinski definition) is 4. The quantitative estimate of drug-likeness (QED) is 0.0987. The molecule has 2 saturated heterocycles. The highest BCUT2D eigenvalue weighted by atomic mass is 16.5. The molecule has 4 aromatic rings. The van der Waals surface area contributed by atoms with Crippen LogP contribution in [0.3, 0.4) is 0 Å². The summed E-state index contributed by atoms with van der Waals surface area (Å²) in [6.45, 7) is 9.17. The van der Waals surface area contributed by atoms with Crippen molar-refractivity contribution in [1.82, 2.24) is 30.4 Å². The number of fused-ring (bicyclic) bond motifs is 3. The number of carbonyl (C=O) groups excluding carboxylic acids is 5. The highest BCUT2D eigenvalue weighted by Gasteiger charge is 2.44. The zero-order valence-corrected chi connectivity index (χ0v) is 36.6. The molecule has 0 bridgehead atoms. The summed E-state index contributed by atoms with van der Waals surface area (Å²) in [5, 5.41) is 8.55. The number of imidazole rings is 1. The van der Waals surface area contributed by atoms with Crippen LogP contribution >= 0.6 is 0 Å². The zero-order valence-electron chi connectivity index (χ0n) is 36.6. The number of anilines is 1. The minimum Gasteiger partial charge on any atom is -0.453 e. The van der Waals surface area contributed by atoms with Crippen molar-refractivity contribution in [3.05, 3.63) is 95.4 Å². The van der Waals surface area contributed by atoms with Crippen LogP contribution in [0.25, 0.3) is 22.4 Å². The van der Waals surface area contributed by atoms with Crippen molar-refractivity contribution in [3.8, 4) is 22.4 Å². The number of H-pyrrole nitrogens is 1. The Bertz CT molecular complexity index is 2290. The highest BCUT2D eigenvalue weighted by Crippen LogP contribution is 2.55. The number of aromatic nitrogens is 2. The summed E-state index contributed by atoms with van der Waals surface area (Å²) >= 11 is 0. The molecule has 1 aliphatic carbocycles. The van der Waals surface area contributed by atoms with E-state index < -0.39 is 30.3 Å². The van der Waals surface area contributed by atoms with E-state index >= 15 is 0 Å². The molecule has 0 radical (unpaired) electrons. The van der Waals surface area contributed by atoms with Gasteiger partial charge in [0.15, 0.2) is 0 Å². The first-order chi connectivity index (χ1) is 29.9. The summed E-state index contributed by atoms with van der Waals surface area (Å²) in [4.78, 5) is 78.1. The maximum absolute atomic E-state index is 14.1. The number of likely N-dealkylation sites (tertiary alicyclic amines) is 2. The second-order valence-corrected chi connectivity index (χ2v) is 17.0. The van der Waals surface area contributed by atoms with E-state index in [1.165, 1.54) is 25.3 Å². The van der Waals surface area contributed by atoms with Gasteiger partial charge in [-0.25, -0.2) is 14.6 Å². The molecule has 14 heteroatoms. The first kappa shape index (κ1) is 43.9. The van der Waals surface area contributed by atoms with Crippen LogP contribution in [0, 0.1) is 5.92 Å². The van der Waals surface area contributed by atoms with Crippen LogP contribution in [-0.2, 0) is 29.3 Å². The fraction of sp³-hybridized carbons (Fsp3) is 0.458. The second-order valence-electron chi connectivity index (χ2n) is 17.0. The van der Waals surface area contributed by atoms with Crippen molar-refractivity contribution in [1.29, 1.82) is 0 Å². The van der Waals surface area contributed by atoms with E-state index in [2.05, 4.69) is 65.1 Å². The average Bonchev–Trinajstić information content (AvgIpc) is 4.11. The summed E-state index contributed by atoms with van der Waals surface area (Å²) in [7, 11) is 2.54. The van der Waals surface area contributed by atoms with Gasteiger partial charge in [-0.2, -0.15) is 0 Å². The Hall–Kier alpha value is -6.18. The molecule has 5 amide bonds. The molecule has 14 nitrogen and oxygen atoms in total. The molecule has 2 aliphatic heterocycles. The lowest BCUT2D eigenvalue weighted by molar-refractivity contribution is -0.138. The predicted octanol–water partition coefficient (Wildman–Crippen LogP) is 8.01. The molecule has 0 spiro atoms. The van der Waals surface area contributed by atoms with Crippen LogP contribution in [0.1, 0.15) is 114 Å². The summed E-state index contributed by atoms with van der Waals surface area (Å²) < 4.78 is 9.64. The third kappa shape index (κ3) is 8.51. The normalized spacial score (nSPS) is 18.4. The molecule has 3 heterocycles. The molecule has 1 aromatic heterocycles. The lowest BCUT2D eigenvalue weighted by Gasteiger charge is -2.32. The number of aromatic amines is 1. The number of carbonyl (C=O) groups is 5. The fourth-order valence-electron chi connectivity index (χ4n) is 9.91. The zero-order chi connectivity index (χ0) is 44.1. The average molecular weight is 846 g/mol. The molecule has 2 fully saturated rings. The van der Waals surface area contributed by atoms with Crippen molar-refractivity contribution < 1.29 is 33.4 Å². The van der Waals surface area contributed by atoms with Crippen molar-refractivity contribution >= 4 is 35.6 Å². The second kappa shape index (κ2) is 18.8. The Labute approximate surface area is 363 Å². The Morgan fingerprint density at radius 1 is 0.806 bits per heavy atom. The lowest BCUT2D eigenvalue weighted by Crippen LogP contribution is -2.51. The molecular formula is C48H59N7O7. The predicted molar refractivity (Wildman–Crippen MR) is 236 cm³/mol. The molecule has 328 valence electrons. The van der Waals surface area contributed by atoms with Gasteiger partial charge in [-0.15, -0.1) is 0 Å². The van der Waals surface area contributed by atoms with E-state index in [1.54, 1.807) is 29.2 Å². The highest BCUT2D eigenvalue weighted by molar-refractivity contribution is 5.99. The SMILES string of the molecule is CCCC1(CCC)c2cc(NC(=O)[C@@H]3CCCN3C(=O)[C@H](NC(=O)OC)c3ccccc3)ccc2-c2ccc(-c3cnc([C@@H]4CCCN4C(=O)[C@@H](NC(=O)OC)C(C)C)[nH]3)cc21. The van der Waals surface area contributed by atoms with E-state index in [9.17, 15) is 24.0 Å². The Morgan fingerprint density at radius 3 is 2.13 bits per heavy atom. The third-order valence-electron chi connectivity index (χ3n) is 12.8. The van der Waals surface area contributed by atoms with Crippen LogP contribution in [-0.4, -0.2) is 89.1 Å². The van der Waals surface area contributed by atoms with Gasteiger partial charge in [0, 0.05) is 24.2 Å². The lowest BCUT2D eigenvalue weighted by atomic mass is 9.71. The molecule has 62 heavy (non-hydrogen) atoms. The molecule has 4 N–H and O–H groups in total. The largest absolute Gasteiger partial charge is 0.453 e. The van der Waals surface area contributed by atoms with E-state index in [0.29, 0.717) is 43.0 Å². The van der Waals surface area contributed by atoms with Crippen LogP contribution in [0.15, 0.2) is 72.9 Å². The van der Waals surface area contributed by atoms with Gasteiger partial charge < -0.3 is 40.2 Å². The standard InChI is InChI=1S/C48H59N7O7/c1-7-22-48(23-8-2)35-26-31(37-28-49-42(51-37)38-16-12-24-54(38)44(57)40(29(3)4)52-46(59)61-5)18-20-33(35)34-21-19-32(27-36(34)48)50-43(56)39-17-13-25-55(39)45(58)41(53-47(60)62-6)30-14-10-9-11-15-30/h9-11,14-15,18-21,26-29,38-41H,7-8,12-13,16-17,22-25H2,1-6H3,(H,49,51)(H,50,56)(H,52,59)(H,53,60)/t38-,39-,40-,41+/m0/s1. The Kier molecular flexibility index (Phi) is 13.3. The van der Waals surface area contributed by atoms with Crippen LogP contribution in [0.5, 0.6) is 0 Å². The van der Waals surface area contributed by atoms with Crippen molar-refractivity contribution in [2.75, 3.05) is 32.6 Å². The summed E-state index contributed by atoms with van der Waals surface area (Å²) in [5.74, 6) is -0.210. The van der Waals surface area contributed by atoms with Gasteiger partial charge in [-0.1, -0.05) is 89.1 Å². The summed E-state index contributed by atoms with van der Waals surface area (Å²) in [5.41, 5.74) is 7.50. The van der Waals surface area contributed by atoms with Gasteiger partial charge in [0.2, 0.25) is 11.8 Å². The number of alkyl carbamates (subject to hydrolysis) is 2. The van der Waals surface area contributed by atoms with Gasteiger partial charge in [0.05, 0.1) is 32.2 Å². The Balaban J connectivity index is 1.14. The maximum Gasteiger partial charge on any atom is 0.407 e.